The predicted molar refractivity (Wildman–Crippen MR) is 61.0 cm³/mol. The lowest BCUT2D eigenvalue weighted by atomic mass is 10.0. The minimum Gasteiger partial charge on any atom is -0.480 e. The summed E-state index contributed by atoms with van der Waals surface area (Å²) in [5, 5.41) is 9.15. The summed E-state index contributed by atoms with van der Waals surface area (Å²) in [6.45, 7) is 3.30. The number of amides is 2. The molecule has 1 aliphatic rings. The van der Waals surface area contributed by atoms with Gasteiger partial charge in [-0.1, -0.05) is 13.8 Å². The maximum absolute atomic E-state index is 12.1. The summed E-state index contributed by atoms with van der Waals surface area (Å²) in [6.07, 6.45) is 1.40. The molecule has 1 aliphatic heterocycles. The van der Waals surface area contributed by atoms with Gasteiger partial charge in [0.2, 0.25) is 0 Å². The number of nitrogens with zero attached hydrogens (tertiary/aromatic N) is 2. The lowest BCUT2D eigenvalue weighted by Gasteiger charge is -2.25. The molecule has 1 aromatic rings. The van der Waals surface area contributed by atoms with Crippen LogP contribution in [0, 0.1) is 5.92 Å². The molecule has 1 N–H and O–H groups in total. The van der Waals surface area contributed by atoms with Crippen molar-refractivity contribution in [2.75, 3.05) is 0 Å². The highest BCUT2D eigenvalue weighted by molar-refractivity contribution is 6.21. The van der Waals surface area contributed by atoms with Gasteiger partial charge >= 0.3 is 5.97 Å². The Morgan fingerprint density at radius 2 is 2.00 bits per heavy atom. The number of carboxylic acid groups (broad SMARTS) is 1. The number of imide groups is 1. The maximum atomic E-state index is 12.1. The Morgan fingerprint density at radius 1 is 1.33 bits per heavy atom. The molecule has 0 spiro atoms. The molecule has 0 saturated heterocycles. The molecule has 6 heteroatoms. The molecule has 2 rings (SSSR count). The predicted octanol–water partition coefficient (Wildman–Crippen LogP) is 0.787. The molecule has 18 heavy (non-hydrogen) atoms. The number of hydrogen-bond donors (Lipinski definition) is 1. The van der Waals surface area contributed by atoms with Gasteiger partial charge in [0.05, 0.1) is 5.56 Å². The number of fused-ring (bicyclic) bond motifs is 1. The van der Waals surface area contributed by atoms with Gasteiger partial charge in [0.1, 0.15) is 11.7 Å². The van der Waals surface area contributed by atoms with E-state index in [0.717, 1.165) is 4.90 Å². The molecule has 0 aliphatic carbocycles. The van der Waals surface area contributed by atoms with Crippen molar-refractivity contribution in [1.82, 2.24) is 9.88 Å². The number of hydrogen-bond acceptors (Lipinski definition) is 4. The molecule has 0 aromatic carbocycles. The number of pyridine rings is 1. The van der Waals surface area contributed by atoms with E-state index < -0.39 is 23.8 Å². The summed E-state index contributed by atoms with van der Waals surface area (Å²) in [5.74, 6) is -2.80. The fraction of sp³-hybridized carbons (Fsp3) is 0.333. The molecule has 0 saturated carbocycles. The second-order valence-corrected chi connectivity index (χ2v) is 4.41. The van der Waals surface area contributed by atoms with Gasteiger partial charge in [-0.15, -0.1) is 0 Å². The molecule has 2 amide bonds. The molecular weight excluding hydrogens is 236 g/mol. The molecule has 0 bridgehead atoms. The van der Waals surface area contributed by atoms with Crippen molar-refractivity contribution in [2.24, 2.45) is 5.92 Å². The van der Waals surface area contributed by atoms with Crippen molar-refractivity contribution < 1.29 is 19.5 Å². The smallest absolute Gasteiger partial charge is 0.327 e. The van der Waals surface area contributed by atoms with Gasteiger partial charge in [-0.3, -0.25) is 19.5 Å². The maximum Gasteiger partial charge on any atom is 0.327 e. The standard InChI is InChI=1S/C12H12N2O4/c1-6(2)9(12(17)18)14-10(15)7-4-3-5-13-8(7)11(14)16/h3-6,9H,1-2H3,(H,17,18)/t9-/m0/s1. The Balaban J connectivity index is 2.47. The SMILES string of the molecule is CC(C)[C@@H](C(=O)O)N1C(=O)c2cccnc2C1=O. The van der Waals surface area contributed by atoms with E-state index in [9.17, 15) is 14.4 Å². The van der Waals surface area contributed by atoms with E-state index in [1.807, 2.05) is 0 Å². The number of carbonyl (C=O) groups is 3. The minimum atomic E-state index is -1.19. The fourth-order valence-electron chi connectivity index (χ4n) is 2.03. The van der Waals surface area contributed by atoms with Gasteiger partial charge in [0.25, 0.3) is 11.8 Å². The van der Waals surface area contributed by atoms with Gasteiger partial charge in [0, 0.05) is 6.20 Å². The first kappa shape index (κ1) is 12.2. The minimum absolute atomic E-state index is 0.0226. The molecule has 2 heterocycles. The number of aliphatic carboxylic acids is 1. The van der Waals surface area contributed by atoms with E-state index in [2.05, 4.69) is 4.98 Å². The van der Waals surface area contributed by atoms with Crippen LogP contribution in [0.4, 0.5) is 0 Å². The molecule has 0 radical (unpaired) electrons. The molecule has 0 unspecified atom stereocenters. The van der Waals surface area contributed by atoms with Crippen molar-refractivity contribution in [3.8, 4) is 0 Å². The number of carbonyl (C=O) groups excluding carboxylic acids is 2. The largest absolute Gasteiger partial charge is 0.480 e. The average Bonchev–Trinajstić information content (AvgIpc) is 2.55. The van der Waals surface area contributed by atoms with E-state index in [1.54, 1.807) is 19.9 Å². The Morgan fingerprint density at radius 3 is 2.50 bits per heavy atom. The van der Waals surface area contributed by atoms with Gasteiger partial charge in [-0.25, -0.2) is 4.79 Å². The lowest BCUT2D eigenvalue weighted by molar-refractivity contribution is -0.143. The van der Waals surface area contributed by atoms with E-state index in [1.165, 1.54) is 12.3 Å². The van der Waals surface area contributed by atoms with E-state index in [-0.39, 0.29) is 17.2 Å². The zero-order chi connectivity index (χ0) is 13.4. The fourth-order valence-corrected chi connectivity index (χ4v) is 2.03. The van der Waals surface area contributed by atoms with Crippen LogP contribution in [-0.4, -0.2) is 38.8 Å². The van der Waals surface area contributed by atoms with Crippen LogP contribution in [0.1, 0.15) is 34.7 Å². The second-order valence-electron chi connectivity index (χ2n) is 4.41. The van der Waals surface area contributed by atoms with E-state index in [0.29, 0.717) is 0 Å². The van der Waals surface area contributed by atoms with Crippen LogP contribution in [0.5, 0.6) is 0 Å². The first-order valence-electron chi connectivity index (χ1n) is 5.51. The van der Waals surface area contributed by atoms with Gasteiger partial charge in [0.15, 0.2) is 0 Å². The van der Waals surface area contributed by atoms with Gasteiger partial charge in [-0.05, 0) is 18.1 Å². The quantitative estimate of drug-likeness (QED) is 0.799. The Kier molecular flexibility index (Phi) is 2.86. The number of carboxylic acids is 1. The topological polar surface area (TPSA) is 87.6 Å². The zero-order valence-electron chi connectivity index (χ0n) is 9.95. The normalized spacial score (nSPS) is 16.1. The van der Waals surface area contributed by atoms with Crippen molar-refractivity contribution in [1.29, 1.82) is 0 Å². The third kappa shape index (κ3) is 1.66. The summed E-state index contributed by atoms with van der Waals surface area (Å²) in [6, 6.07) is 1.85. The van der Waals surface area contributed by atoms with Gasteiger partial charge in [-0.2, -0.15) is 0 Å². The van der Waals surface area contributed by atoms with E-state index >= 15 is 0 Å². The number of aromatic nitrogens is 1. The lowest BCUT2D eigenvalue weighted by Crippen LogP contribution is -2.47. The van der Waals surface area contributed by atoms with Crippen LogP contribution in [0.15, 0.2) is 18.3 Å². The zero-order valence-corrected chi connectivity index (χ0v) is 9.95. The summed E-state index contributed by atoms with van der Waals surface area (Å²) in [5.41, 5.74) is 0.184. The summed E-state index contributed by atoms with van der Waals surface area (Å²) >= 11 is 0. The van der Waals surface area contributed by atoms with Crippen LogP contribution in [-0.2, 0) is 4.79 Å². The molecule has 1 atom stereocenters. The summed E-state index contributed by atoms with van der Waals surface area (Å²) in [7, 11) is 0. The molecule has 94 valence electrons. The highest BCUT2D eigenvalue weighted by Gasteiger charge is 2.44. The van der Waals surface area contributed by atoms with Crippen molar-refractivity contribution in [3.63, 3.8) is 0 Å². The summed E-state index contributed by atoms with van der Waals surface area (Å²) in [4.78, 5) is 39.9. The first-order chi connectivity index (χ1) is 8.45. The monoisotopic (exact) mass is 248 g/mol. The van der Waals surface area contributed by atoms with Crippen molar-refractivity contribution in [3.05, 3.63) is 29.6 Å². The highest BCUT2D eigenvalue weighted by Crippen LogP contribution is 2.25. The van der Waals surface area contributed by atoms with Crippen LogP contribution >= 0.6 is 0 Å². The van der Waals surface area contributed by atoms with E-state index in [4.69, 9.17) is 5.11 Å². The van der Waals surface area contributed by atoms with Crippen LogP contribution in [0.2, 0.25) is 0 Å². The Bertz CT molecular complexity index is 504. The first-order valence-corrected chi connectivity index (χ1v) is 5.51. The van der Waals surface area contributed by atoms with Crippen molar-refractivity contribution in [2.45, 2.75) is 19.9 Å². The molecular formula is C12H12N2O4. The Labute approximate surface area is 103 Å². The van der Waals surface area contributed by atoms with Crippen LogP contribution < -0.4 is 0 Å². The highest BCUT2D eigenvalue weighted by atomic mass is 16.4. The van der Waals surface area contributed by atoms with Crippen LogP contribution in [0.25, 0.3) is 0 Å². The van der Waals surface area contributed by atoms with Crippen LogP contribution in [0.3, 0.4) is 0 Å². The average molecular weight is 248 g/mol. The number of rotatable bonds is 3. The molecule has 0 fully saturated rings. The summed E-state index contributed by atoms with van der Waals surface area (Å²) < 4.78 is 0. The van der Waals surface area contributed by atoms with Crippen molar-refractivity contribution >= 4 is 17.8 Å². The third-order valence-electron chi connectivity index (χ3n) is 2.84. The second kappa shape index (κ2) is 4.21. The third-order valence-corrected chi connectivity index (χ3v) is 2.84. The molecule has 1 aromatic heterocycles. The molecule has 6 nitrogen and oxygen atoms in total. The Hall–Kier alpha value is -2.24. The van der Waals surface area contributed by atoms with Gasteiger partial charge < -0.3 is 5.11 Å².